The molecule has 176 valence electrons. The van der Waals surface area contributed by atoms with Crippen LogP contribution in [-0.4, -0.2) is 64.5 Å². The van der Waals surface area contributed by atoms with Crippen molar-refractivity contribution < 1.29 is 42.9 Å². The van der Waals surface area contributed by atoms with Gasteiger partial charge >= 0.3 is 29.6 Å². The molecule has 0 bridgehead atoms. The lowest BCUT2D eigenvalue weighted by Gasteiger charge is -2.44. The quantitative estimate of drug-likeness (QED) is 0.264. The molecule has 0 spiro atoms. The summed E-state index contributed by atoms with van der Waals surface area (Å²) in [5, 5.41) is 0. The number of halogens is 1. The highest BCUT2D eigenvalue weighted by Crippen LogP contribution is 2.34. The standard InChI is InChI=1S/C18H21IN2O11/c1-7(22)28-6-12-13(29-8(2)23)14(30-9(3)24)15(31-10(4)25)17(32-12)21-5-11(19)16(26)20-18(21)27/h5,12-15,17H,6H2,1-4H3,(H,20,26,27). The third kappa shape index (κ3) is 6.38. The summed E-state index contributed by atoms with van der Waals surface area (Å²) < 4.78 is 27.7. The van der Waals surface area contributed by atoms with Gasteiger partial charge in [0.2, 0.25) is 0 Å². The van der Waals surface area contributed by atoms with Gasteiger partial charge in [0.1, 0.15) is 12.7 Å². The largest absolute Gasteiger partial charge is 0.463 e. The van der Waals surface area contributed by atoms with Crippen LogP contribution in [0.15, 0.2) is 15.8 Å². The van der Waals surface area contributed by atoms with Gasteiger partial charge in [-0.15, -0.1) is 0 Å². The van der Waals surface area contributed by atoms with Crippen LogP contribution in [-0.2, 0) is 42.9 Å². The van der Waals surface area contributed by atoms with Crippen LogP contribution in [0, 0.1) is 3.57 Å². The van der Waals surface area contributed by atoms with Gasteiger partial charge in [-0.05, 0) is 22.6 Å². The lowest BCUT2D eigenvalue weighted by Crippen LogP contribution is -2.61. The number of nitrogens with one attached hydrogen (secondary N) is 1. The van der Waals surface area contributed by atoms with E-state index in [4.69, 9.17) is 23.7 Å². The molecule has 32 heavy (non-hydrogen) atoms. The molecule has 1 aromatic rings. The van der Waals surface area contributed by atoms with Crippen LogP contribution in [0.5, 0.6) is 0 Å². The number of aromatic nitrogens is 2. The van der Waals surface area contributed by atoms with Gasteiger partial charge in [0.05, 0.1) is 3.57 Å². The zero-order valence-corrected chi connectivity index (χ0v) is 19.6. The van der Waals surface area contributed by atoms with Crippen molar-refractivity contribution in [3.8, 4) is 0 Å². The van der Waals surface area contributed by atoms with Gasteiger partial charge in [-0.2, -0.15) is 0 Å². The van der Waals surface area contributed by atoms with Crippen molar-refractivity contribution in [2.75, 3.05) is 6.61 Å². The summed E-state index contributed by atoms with van der Waals surface area (Å²) in [6.45, 7) is 3.95. The summed E-state index contributed by atoms with van der Waals surface area (Å²) in [7, 11) is 0. The van der Waals surface area contributed by atoms with Crippen molar-refractivity contribution in [2.45, 2.75) is 58.3 Å². The molecule has 0 radical (unpaired) electrons. The Bertz CT molecular complexity index is 1020. The first kappa shape index (κ1) is 25.5. The third-order valence-electron chi connectivity index (χ3n) is 4.16. The summed E-state index contributed by atoms with van der Waals surface area (Å²) in [4.78, 5) is 73.0. The number of H-pyrrole nitrogens is 1. The molecule has 1 saturated heterocycles. The first-order valence-electron chi connectivity index (χ1n) is 9.22. The molecule has 0 aliphatic carbocycles. The average molecular weight is 568 g/mol. The molecule has 0 saturated carbocycles. The Morgan fingerprint density at radius 3 is 2.00 bits per heavy atom. The van der Waals surface area contributed by atoms with E-state index in [0.29, 0.717) is 0 Å². The summed E-state index contributed by atoms with van der Waals surface area (Å²) >= 11 is 1.68. The molecule has 0 amide bonds. The van der Waals surface area contributed by atoms with Gasteiger partial charge in [0, 0.05) is 33.9 Å². The molecule has 13 nitrogen and oxygen atoms in total. The average Bonchev–Trinajstić information content (AvgIpc) is 2.65. The van der Waals surface area contributed by atoms with Gasteiger partial charge in [0.15, 0.2) is 24.5 Å². The minimum atomic E-state index is -1.46. The third-order valence-corrected chi connectivity index (χ3v) is 4.93. The van der Waals surface area contributed by atoms with E-state index >= 15 is 0 Å². The zero-order valence-electron chi connectivity index (χ0n) is 17.5. The second-order valence-electron chi connectivity index (χ2n) is 6.73. The summed E-state index contributed by atoms with van der Waals surface area (Å²) in [5.41, 5.74) is -1.56. The maximum Gasteiger partial charge on any atom is 0.330 e. The van der Waals surface area contributed by atoms with E-state index in [2.05, 4.69) is 4.98 Å². The van der Waals surface area contributed by atoms with Crippen LogP contribution in [0.3, 0.4) is 0 Å². The normalized spacial score (nSPS) is 24.8. The first-order valence-corrected chi connectivity index (χ1v) is 10.3. The highest BCUT2D eigenvalue weighted by atomic mass is 127. The summed E-state index contributed by atoms with van der Waals surface area (Å²) in [6, 6.07) is 0. The van der Waals surface area contributed by atoms with Gasteiger partial charge < -0.3 is 23.7 Å². The maximum absolute atomic E-state index is 12.5. The summed E-state index contributed by atoms with van der Waals surface area (Å²) in [5.74, 6) is -3.07. The van der Waals surface area contributed by atoms with Crippen LogP contribution in [0.2, 0.25) is 0 Å². The van der Waals surface area contributed by atoms with E-state index in [-0.39, 0.29) is 3.57 Å². The predicted molar refractivity (Wildman–Crippen MR) is 111 cm³/mol. The van der Waals surface area contributed by atoms with Gasteiger partial charge in [0.25, 0.3) is 5.56 Å². The van der Waals surface area contributed by atoms with Crippen LogP contribution in [0.25, 0.3) is 0 Å². The molecule has 1 aliphatic heterocycles. The Hall–Kier alpha value is -2.75. The van der Waals surface area contributed by atoms with Crippen LogP contribution in [0.1, 0.15) is 33.9 Å². The molecule has 1 aromatic heterocycles. The van der Waals surface area contributed by atoms with Crippen LogP contribution in [0.4, 0.5) is 0 Å². The fourth-order valence-corrected chi connectivity index (χ4v) is 3.51. The second-order valence-corrected chi connectivity index (χ2v) is 7.90. The van der Waals surface area contributed by atoms with E-state index in [0.717, 1.165) is 38.5 Å². The fraction of sp³-hybridized carbons (Fsp3) is 0.556. The van der Waals surface area contributed by atoms with Gasteiger partial charge in [-0.25, -0.2) is 4.79 Å². The molecule has 1 N–H and O–H groups in total. The van der Waals surface area contributed by atoms with Crippen molar-refractivity contribution in [1.82, 2.24) is 9.55 Å². The molecule has 1 aliphatic rings. The van der Waals surface area contributed by atoms with E-state index in [1.54, 1.807) is 22.6 Å². The monoisotopic (exact) mass is 568 g/mol. The number of aromatic amines is 1. The number of ether oxygens (including phenoxy) is 5. The van der Waals surface area contributed by atoms with E-state index in [1.165, 1.54) is 0 Å². The molecule has 2 heterocycles. The van der Waals surface area contributed by atoms with Crippen LogP contribution >= 0.6 is 22.6 Å². The zero-order chi connectivity index (χ0) is 24.2. The SMILES string of the molecule is CC(=O)OCC1OC(n2cc(I)c(=O)[nH]c2=O)C(OC(C)=O)C(OC(C)=O)C1OC(C)=O. The highest BCUT2D eigenvalue weighted by molar-refractivity contribution is 14.1. The topological polar surface area (TPSA) is 169 Å². The van der Waals surface area contributed by atoms with E-state index in [9.17, 15) is 28.8 Å². The predicted octanol–water partition coefficient (Wildman–Crippen LogP) is -0.603. The van der Waals surface area contributed by atoms with Gasteiger partial charge in [-0.1, -0.05) is 0 Å². The van der Waals surface area contributed by atoms with Crippen molar-refractivity contribution >= 4 is 46.5 Å². The molecule has 14 heteroatoms. The molecule has 5 atom stereocenters. The van der Waals surface area contributed by atoms with E-state index < -0.39 is 72.4 Å². The molecular weight excluding hydrogens is 547 g/mol. The lowest BCUT2D eigenvalue weighted by atomic mass is 9.97. The Balaban J connectivity index is 2.65. The Morgan fingerprint density at radius 2 is 1.47 bits per heavy atom. The smallest absolute Gasteiger partial charge is 0.330 e. The lowest BCUT2D eigenvalue weighted by molar-refractivity contribution is -0.269. The summed E-state index contributed by atoms with van der Waals surface area (Å²) in [6.07, 6.45) is -5.75. The minimum absolute atomic E-state index is 0.107. The van der Waals surface area contributed by atoms with Crippen molar-refractivity contribution in [3.63, 3.8) is 0 Å². The number of hydrogen-bond donors (Lipinski definition) is 1. The van der Waals surface area contributed by atoms with Crippen molar-refractivity contribution in [3.05, 3.63) is 30.6 Å². The first-order chi connectivity index (χ1) is 14.9. The number of rotatable bonds is 6. The molecule has 0 aromatic carbocycles. The highest BCUT2D eigenvalue weighted by Gasteiger charge is 2.53. The van der Waals surface area contributed by atoms with E-state index in [1.807, 2.05) is 0 Å². The minimum Gasteiger partial charge on any atom is -0.463 e. The van der Waals surface area contributed by atoms with Gasteiger partial charge in [-0.3, -0.25) is 33.5 Å². The Labute approximate surface area is 194 Å². The molecule has 5 unspecified atom stereocenters. The number of hydrogen-bond acceptors (Lipinski definition) is 11. The maximum atomic E-state index is 12.5. The molecule has 1 fully saturated rings. The molecular formula is C18H21IN2O11. The Kier molecular flexibility index (Phi) is 8.54. The fourth-order valence-electron chi connectivity index (χ4n) is 3.08. The van der Waals surface area contributed by atoms with Crippen molar-refractivity contribution in [2.24, 2.45) is 0 Å². The Morgan fingerprint density at radius 1 is 0.938 bits per heavy atom. The number of carbonyl (C=O) groups excluding carboxylic acids is 4. The number of esters is 4. The van der Waals surface area contributed by atoms with Crippen molar-refractivity contribution in [1.29, 1.82) is 0 Å². The van der Waals surface area contributed by atoms with Crippen LogP contribution < -0.4 is 11.2 Å². The number of nitrogens with zero attached hydrogens (tertiary/aromatic N) is 1. The number of carbonyl (C=O) groups is 4. The second kappa shape index (κ2) is 10.7. The molecule has 2 rings (SSSR count).